The Morgan fingerprint density at radius 3 is 2.16 bits per heavy atom. The van der Waals surface area contributed by atoms with Crippen molar-refractivity contribution >= 4 is 29.2 Å². The zero-order chi connectivity index (χ0) is 53.4. The van der Waals surface area contributed by atoms with Crippen LogP contribution in [0.4, 0.5) is 0 Å². The first-order valence-electron chi connectivity index (χ1n) is 27.0. The van der Waals surface area contributed by atoms with Crippen molar-refractivity contribution in [3.63, 3.8) is 0 Å². The van der Waals surface area contributed by atoms with Crippen LogP contribution in [-0.2, 0) is 66.6 Å². The minimum absolute atomic E-state index is 0.0273. The number of fused-ring (bicyclic) bond motifs is 3. The van der Waals surface area contributed by atoms with E-state index in [0.717, 1.165) is 24.8 Å². The molecule has 0 aromatic rings. The number of Topliss-reactive ketones (excluding diaryl/α,β-unsaturated/α-hetero) is 3. The van der Waals surface area contributed by atoms with Gasteiger partial charge in [-0.05, 0) is 107 Å². The molecule has 5 rings (SSSR count). The number of allylic oxidation sites excluding steroid dienone is 6. The molecule has 0 aromatic carbocycles. The molecule has 1 N–H and O–H groups in total. The third-order valence-corrected chi connectivity index (χ3v) is 16.1. The number of aliphatic hydroxyl groups is 1. The van der Waals surface area contributed by atoms with E-state index in [1.165, 1.54) is 19.1 Å². The Balaban J connectivity index is 1.48. The van der Waals surface area contributed by atoms with Gasteiger partial charge in [0.1, 0.15) is 36.2 Å². The van der Waals surface area contributed by atoms with E-state index in [2.05, 4.69) is 6.92 Å². The third kappa shape index (κ3) is 16.5. The van der Waals surface area contributed by atoms with Crippen LogP contribution >= 0.6 is 0 Å². The Hall–Kier alpha value is -3.45. The zero-order valence-electron chi connectivity index (χ0n) is 45.8. The normalized spacial score (nSPS) is 38.5. The molecule has 0 spiro atoms. The number of rotatable bonds is 12. The fourth-order valence-electron chi connectivity index (χ4n) is 11.3. The molecule has 16 heteroatoms. The summed E-state index contributed by atoms with van der Waals surface area (Å²) in [7, 11) is 6.37. The molecule has 1 unspecified atom stereocenters. The van der Waals surface area contributed by atoms with Crippen molar-refractivity contribution in [1.82, 2.24) is 4.90 Å². The lowest BCUT2D eigenvalue weighted by Crippen LogP contribution is -2.61. The molecule has 4 fully saturated rings. The van der Waals surface area contributed by atoms with Crippen LogP contribution in [0.3, 0.4) is 0 Å². The number of ether oxygens (including phenoxy) is 9. The maximum absolute atomic E-state index is 14.6. The lowest BCUT2D eigenvalue weighted by Gasteiger charge is -2.43. The SMILES string of the molecule is CO[C@@H]1/C(C)=C/[C@@H](C)C(=O)C[C@@H]([C@H](C)C[C@@H]2CC[C@@H](OC)[C@H](OC)C2)OC(=O)[C@@H]2CCCCN2C(=O)C(=O)[C@]2(O)O[C@@H](CC[C@H]2C)CC(OCCOC2COC2)/C(C)=C/C=C/C=C/[C@@H](C)C[C@@H](C)C(=O)[C@@H]1OC. The van der Waals surface area contributed by atoms with Crippen molar-refractivity contribution in [2.75, 3.05) is 61.4 Å². The Bertz CT molecular complexity index is 1940. The van der Waals surface area contributed by atoms with Gasteiger partial charge in [0.2, 0.25) is 5.79 Å². The van der Waals surface area contributed by atoms with Crippen LogP contribution in [0.1, 0.15) is 126 Å². The molecule has 5 aliphatic rings. The van der Waals surface area contributed by atoms with Gasteiger partial charge in [-0.25, -0.2) is 4.79 Å². The van der Waals surface area contributed by atoms with Gasteiger partial charge in [0, 0.05) is 65.6 Å². The van der Waals surface area contributed by atoms with E-state index in [1.807, 2.05) is 58.1 Å². The van der Waals surface area contributed by atoms with E-state index in [1.54, 1.807) is 34.1 Å². The van der Waals surface area contributed by atoms with E-state index in [-0.39, 0.29) is 86.0 Å². The summed E-state index contributed by atoms with van der Waals surface area (Å²) in [5.74, 6) is -7.40. The number of hydrogen-bond acceptors (Lipinski definition) is 15. The fraction of sp³-hybridized carbons (Fsp3) is 0.772. The predicted octanol–water partition coefficient (Wildman–Crippen LogP) is 7.27. The van der Waals surface area contributed by atoms with Crippen molar-refractivity contribution in [2.45, 2.75) is 186 Å². The van der Waals surface area contributed by atoms with Gasteiger partial charge in [-0.1, -0.05) is 71.1 Å². The molecule has 16 nitrogen and oxygen atoms in total. The third-order valence-electron chi connectivity index (χ3n) is 16.1. The largest absolute Gasteiger partial charge is 0.460 e. The summed E-state index contributed by atoms with van der Waals surface area (Å²) < 4.78 is 53.4. The number of methoxy groups -OCH3 is 4. The van der Waals surface area contributed by atoms with Gasteiger partial charge in [-0.3, -0.25) is 19.2 Å². The fourth-order valence-corrected chi connectivity index (χ4v) is 11.3. The van der Waals surface area contributed by atoms with Gasteiger partial charge in [-0.15, -0.1) is 0 Å². The Morgan fingerprint density at radius 1 is 0.781 bits per heavy atom. The quantitative estimate of drug-likeness (QED) is 0.0888. The maximum Gasteiger partial charge on any atom is 0.329 e. The molecule has 0 radical (unpaired) electrons. The Kier molecular flexibility index (Phi) is 24.1. The lowest BCUT2D eigenvalue weighted by molar-refractivity contribution is -0.266. The summed E-state index contributed by atoms with van der Waals surface area (Å²) >= 11 is 0. The minimum Gasteiger partial charge on any atom is -0.460 e. The van der Waals surface area contributed by atoms with Crippen LogP contribution in [-0.4, -0.2) is 161 Å². The van der Waals surface area contributed by atoms with Gasteiger partial charge in [0.25, 0.3) is 11.7 Å². The van der Waals surface area contributed by atoms with E-state index in [9.17, 15) is 29.1 Å². The highest BCUT2D eigenvalue weighted by Crippen LogP contribution is 2.38. The molecule has 1 amide bonds. The summed E-state index contributed by atoms with van der Waals surface area (Å²) in [6.45, 7) is 15.0. The van der Waals surface area contributed by atoms with Crippen LogP contribution in [0.2, 0.25) is 0 Å². The van der Waals surface area contributed by atoms with Gasteiger partial charge in [-0.2, -0.15) is 0 Å². The topological polar surface area (TPSA) is 192 Å². The average molecular weight is 1030 g/mol. The first kappa shape index (κ1) is 60.4. The smallest absolute Gasteiger partial charge is 0.329 e. The van der Waals surface area contributed by atoms with Crippen LogP contribution in [0.25, 0.3) is 0 Å². The molecule has 4 heterocycles. The number of ketones is 3. The van der Waals surface area contributed by atoms with E-state index in [4.69, 9.17) is 42.6 Å². The number of carbonyl (C=O) groups is 5. The monoisotopic (exact) mass is 1030 g/mol. The van der Waals surface area contributed by atoms with Crippen molar-refractivity contribution in [2.24, 2.45) is 35.5 Å². The summed E-state index contributed by atoms with van der Waals surface area (Å²) in [4.78, 5) is 73.2. The molecule has 15 atom stereocenters. The van der Waals surface area contributed by atoms with E-state index >= 15 is 0 Å². The molecule has 2 bridgehead atoms. The predicted molar refractivity (Wildman–Crippen MR) is 274 cm³/mol. The second-order valence-electron chi connectivity index (χ2n) is 21.7. The number of piperidine rings is 1. The van der Waals surface area contributed by atoms with Gasteiger partial charge in [0.05, 0.1) is 50.8 Å². The summed E-state index contributed by atoms with van der Waals surface area (Å²) in [5, 5.41) is 12.2. The number of carbonyl (C=O) groups excluding carboxylic acids is 5. The average Bonchev–Trinajstić information content (AvgIpc) is 3.36. The van der Waals surface area contributed by atoms with Crippen LogP contribution in [0.5, 0.6) is 0 Å². The molecule has 1 aliphatic carbocycles. The molecule has 0 aromatic heterocycles. The molecule has 4 aliphatic heterocycles. The second-order valence-corrected chi connectivity index (χ2v) is 21.7. The molecular weight excluding hydrogens is 939 g/mol. The molecule has 1 saturated carbocycles. The van der Waals surface area contributed by atoms with Crippen LogP contribution in [0, 0.1) is 35.5 Å². The zero-order valence-corrected chi connectivity index (χ0v) is 45.8. The highest BCUT2D eigenvalue weighted by Gasteiger charge is 2.53. The highest BCUT2D eigenvalue weighted by molar-refractivity contribution is 6.39. The van der Waals surface area contributed by atoms with Crippen LogP contribution < -0.4 is 0 Å². The maximum atomic E-state index is 14.6. The standard InChI is InChI=1S/C57H89NO15/c1-35-17-13-12-14-18-36(2)48(71-26-25-70-44-33-69-34-44)31-43-22-20-41(7)57(64,73-43)54(61)55(62)58-24-16-15-19-45(58)56(63)72-49(38(4)29-42-21-23-47(65-8)50(30-42)66-9)32-46(59)37(3)28-40(6)52(67-10)53(68-11)51(60)39(5)27-35/h12-14,17-18,28,35,37-39,41-45,47-50,52-53,64H,15-16,19-27,29-34H2,1-11H3/b14-12+,17-13+,36-18+,40-28+/t35-,37-,38-,39-,41-,42+,43+,45+,47-,48?,49+,50-,52-,53+,57-/m1/s1. The molecule has 73 heavy (non-hydrogen) atoms. The number of esters is 1. The van der Waals surface area contributed by atoms with Crippen LogP contribution in [0.15, 0.2) is 47.6 Å². The van der Waals surface area contributed by atoms with Crippen molar-refractivity contribution in [1.29, 1.82) is 0 Å². The lowest BCUT2D eigenvalue weighted by atomic mass is 9.78. The second kappa shape index (κ2) is 29.2. The van der Waals surface area contributed by atoms with Crippen molar-refractivity contribution in [3.8, 4) is 0 Å². The van der Waals surface area contributed by atoms with Gasteiger partial charge >= 0.3 is 5.97 Å². The Morgan fingerprint density at radius 2 is 1.49 bits per heavy atom. The number of cyclic esters (lactones) is 1. The molecule has 3 saturated heterocycles. The summed E-state index contributed by atoms with van der Waals surface area (Å²) in [6, 6.07) is -1.13. The number of nitrogens with zero attached hydrogens (tertiary/aromatic N) is 1. The minimum atomic E-state index is -2.45. The van der Waals surface area contributed by atoms with E-state index < -0.39 is 71.8 Å². The first-order chi connectivity index (χ1) is 34.8. The highest BCUT2D eigenvalue weighted by atomic mass is 16.6. The summed E-state index contributed by atoms with van der Waals surface area (Å²) in [6.07, 6.45) is 13.8. The summed E-state index contributed by atoms with van der Waals surface area (Å²) in [5.41, 5.74) is 1.53. The molecular formula is C57H89NO15. The molecule has 412 valence electrons. The van der Waals surface area contributed by atoms with Gasteiger partial charge < -0.3 is 52.6 Å². The first-order valence-corrected chi connectivity index (χ1v) is 27.0. The van der Waals surface area contributed by atoms with E-state index in [0.29, 0.717) is 63.9 Å². The van der Waals surface area contributed by atoms with Crippen molar-refractivity contribution in [3.05, 3.63) is 47.6 Å². The number of hydrogen-bond donors (Lipinski definition) is 1. The Labute approximate surface area is 435 Å². The van der Waals surface area contributed by atoms with Gasteiger partial charge in [0.15, 0.2) is 5.78 Å². The van der Waals surface area contributed by atoms with Crippen molar-refractivity contribution < 1.29 is 71.7 Å². The number of amides is 1.